The maximum atomic E-state index is 12.9. The van der Waals surface area contributed by atoms with E-state index in [0.29, 0.717) is 24.5 Å². The second-order valence-electron chi connectivity index (χ2n) is 5.71. The molecule has 1 saturated heterocycles. The molecule has 0 saturated carbocycles. The van der Waals surface area contributed by atoms with Crippen LogP contribution in [0.1, 0.15) is 13.8 Å². The topological polar surface area (TPSA) is 73.1 Å². The van der Waals surface area contributed by atoms with Crippen LogP contribution in [0, 0.1) is 5.82 Å². The van der Waals surface area contributed by atoms with E-state index in [1.165, 1.54) is 16.9 Å². The number of hydrogen-bond donors (Lipinski definition) is 0. The Labute approximate surface area is 133 Å². The maximum absolute atomic E-state index is 12.9. The third-order valence-corrected chi connectivity index (χ3v) is 3.60. The summed E-state index contributed by atoms with van der Waals surface area (Å²) in [6.45, 7) is 5.02. The van der Waals surface area contributed by atoms with Gasteiger partial charge in [0.25, 0.3) is 0 Å². The van der Waals surface area contributed by atoms with Gasteiger partial charge in [-0.3, -0.25) is 4.79 Å². The Morgan fingerprint density at radius 2 is 1.91 bits per heavy atom. The minimum Gasteiger partial charge on any atom is -0.372 e. The average molecular weight is 319 g/mol. The van der Waals surface area contributed by atoms with Gasteiger partial charge in [0.15, 0.2) is 0 Å². The first-order valence-corrected chi connectivity index (χ1v) is 7.48. The van der Waals surface area contributed by atoms with Crippen molar-refractivity contribution in [3.8, 4) is 11.4 Å². The molecule has 1 aromatic carbocycles. The lowest BCUT2D eigenvalue weighted by molar-refractivity contribution is -0.144. The van der Waals surface area contributed by atoms with Gasteiger partial charge < -0.3 is 9.64 Å². The number of rotatable bonds is 3. The van der Waals surface area contributed by atoms with E-state index >= 15 is 0 Å². The SMILES string of the molecule is CC1CN(C(=O)Cn2nnc(-c3ccc(F)cc3)n2)CC(C)O1. The summed E-state index contributed by atoms with van der Waals surface area (Å²) in [5.41, 5.74) is 0.652. The number of benzene rings is 1. The van der Waals surface area contributed by atoms with Crippen LogP contribution in [0.25, 0.3) is 11.4 Å². The molecule has 1 aromatic heterocycles. The third-order valence-electron chi connectivity index (χ3n) is 3.60. The van der Waals surface area contributed by atoms with Crippen molar-refractivity contribution in [2.24, 2.45) is 0 Å². The highest BCUT2D eigenvalue weighted by Gasteiger charge is 2.26. The molecule has 0 spiro atoms. The summed E-state index contributed by atoms with van der Waals surface area (Å²) in [6.07, 6.45) is 0.0300. The molecule has 0 bridgehead atoms. The third kappa shape index (κ3) is 3.70. The van der Waals surface area contributed by atoms with Crippen molar-refractivity contribution >= 4 is 5.91 Å². The van der Waals surface area contributed by atoms with Crippen LogP contribution in [0.4, 0.5) is 4.39 Å². The maximum Gasteiger partial charge on any atom is 0.246 e. The zero-order valence-electron chi connectivity index (χ0n) is 13.0. The van der Waals surface area contributed by atoms with E-state index in [0.717, 1.165) is 0 Å². The van der Waals surface area contributed by atoms with Crippen LogP contribution in [0.3, 0.4) is 0 Å². The van der Waals surface area contributed by atoms with E-state index in [1.807, 2.05) is 13.8 Å². The van der Waals surface area contributed by atoms with E-state index in [1.54, 1.807) is 17.0 Å². The number of aromatic nitrogens is 4. The molecule has 1 fully saturated rings. The van der Waals surface area contributed by atoms with Gasteiger partial charge in [0.05, 0.1) is 12.2 Å². The number of amides is 1. The van der Waals surface area contributed by atoms with E-state index in [2.05, 4.69) is 15.4 Å². The lowest BCUT2D eigenvalue weighted by Crippen LogP contribution is -2.49. The molecule has 2 atom stereocenters. The second kappa shape index (κ2) is 6.41. The molecule has 3 rings (SSSR count). The fourth-order valence-electron chi connectivity index (χ4n) is 2.63. The van der Waals surface area contributed by atoms with Crippen LogP contribution in [0.2, 0.25) is 0 Å². The van der Waals surface area contributed by atoms with E-state index in [4.69, 9.17) is 4.74 Å². The number of ether oxygens (including phenoxy) is 1. The molecule has 2 aromatic rings. The monoisotopic (exact) mass is 319 g/mol. The minimum absolute atomic E-state index is 0.0150. The molecule has 1 aliphatic heterocycles. The highest BCUT2D eigenvalue weighted by atomic mass is 19.1. The number of carbonyl (C=O) groups is 1. The molecule has 2 heterocycles. The predicted octanol–water partition coefficient (Wildman–Crippen LogP) is 1.11. The Bertz CT molecular complexity index is 677. The van der Waals surface area contributed by atoms with Crippen LogP contribution in [-0.2, 0) is 16.1 Å². The fraction of sp³-hybridized carbons (Fsp3) is 0.467. The number of nitrogens with zero attached hydrogens (tertiary/aromatic N) is 5. The van der Waals surface area contributed by atoms with Gasteiger partial charge in [-0.15, -0.1) is 10.2 Å². The van der Waals surface area contributed by atoms with Crippen molar-refractivity contribution in [2.45, 2.75) is 32.6 Å². The lowest BCUT2D eigenvalue weighted by atomic mass is 10.2. The van der Waals surface area contributed by atoms with Crippen LogP contribution < -0.4 is 0 Å². The number of tetrazole rings is 1. The Kier molecular flexibility index (Phi) is 4.33. The fourth-order valence-corrected chi connectivity index (χ4v) is 2.63. The smallest absolute Gasteiger partial charge is 0.246 e. The number of morpholine rings is 1. The normalized spacial score (nSPS) is 21.4. The molecule has 122 valence electrons. The molecule has 0 aliphatic carbocycles. The van der Waals surface area contributed by atoms with Crippen molar-refractivity contribution in [1.29, 1.82) is 0 Å². The quantitative estimate of drug-likeness (QED) is 0.847. The summed E-state index contributed by atoms with van der Waals surface area (Å²) >= 11 is 0. The highest BCUT2D eigenvalue weighted by Crippen LogP contribution is 2.14. The first kappa shape index (κ1) is 15.5. The summed E-state index contributed by atoms with van der Waals surface area (Å²) < 4.78 is 18.5. The van der Waals surface area contributed by atoms with Gasteiger partial charge in [0.1, 0.15) is 12.4 Å². The molecule has 23 heavy (non-hydrogen) atoms. The summed E-state index contributed by atoms with van der Waals surface area (Å²) in [5, 5.41) is 12.0. The first-order chi connectivity index (χ1) is 11.0. The second-order valence-corrected chi connectivity index (χ2v) is 5.71. The van der Waals surface area contributed by atoms with Crippen molar-refractivity contribution in [3.05, 3.63) is 30.1 Å². The van der Waals surface area contributed by atoms with E-state index in [9.17, 15) is 9.18 Å². The van der Waals surface area contributed by atoms with Gasteiger partial charge in [-0.25, -0.2) is 4.39 Å². The molecule has 1 amide bonds. The van der Waals surface area contributed by atoms with Gasteiger partial charge >= 0.3 is 0 Å². The molecule has 7 nitrogen and oxygen atoms in total. The van der Waals surface area contributed by atoms with Crippen LogP contribution in [-0.4, -0.2) is 56.3 Å². The molecule has 0 N–H and O–H groups in total. The van der Waals surface area contributed by atoms with Gasteiger partial charge in [0.2, 0.25) is 11.7 Å². The zero-order chi connectivity index (χ0) is 16.4. The zero-order valence-corrected chi connectivity index (χ0v) is 13.0. The van der Waals surface area contributed by atoms with Crippen molar-refractivity contribution in [1.82, 2.24) is 25.1 Å². The standard InChI is InChI=1S/C15H18FN5O2/c1-10-7-20(8-11(2)23-10)14(22)9-21-18-15(17-19-21)12-3-5-13(16)6-4-12/h3-6,10-11H,7-9H2,1-2H3. The Hall–Kier alpha value is -2.35. The van der Waals surface area contributed by atoms with Crippen molar-refractivity contribution < 1.29 is 13.9 Å². The minimum atomic E-state index is -0.327. The molecule has 0 radical (unpaired) electrons. The summed E-state index contributed by atoms with van der Waals surface area (Å²) in [5.74, 6) is -0.0385. The van der Waals surface area contributed by atoms with Crippen LogP contribution in [0.5, 0.6) is 0 Å². The molecule has 8 heteroatoms. The average Bonchev–Trinajstić information content (AvgIpc) is 2.95. The Morgan fingerprint density at radius 1 is 1.26 bits per heavy atom. The summed E-state index contributed by atoms with van der Waals surface area (Å²) in [7, 11) is 0. The molecular formula is C15H18FN5O2. The molecular weight excluding hydrogens is 301 g/mol. The largest absolute Gasteiger partial charge is 0.372 e. The van der Waals surface area contributed by atoms with Crippen LogP contribution >= 0.6 is 0 Å². The Balaban J connectivity index is 1.66. The van der Waals surface area contributed by atoms with Crippen molar-refractivity contribution in [2.75, 3.05) is 13.1 Å². The highest BCUT2D eigenvalue weighted by molar-refractivity contribution is 5.76. The first-order valence-electron chi connectivity index (χ1n) is 7.48. The molecule has 2 unspecified atom stereocenters. The van der Waals surface area contributed by atoms with Gasteiger partial charge in [-0.1, -0.05) is 0 Å². The number of hydrogen-bond acceptors (Lipinski definition) is 5. The van der Waals surface area contributed by atoms with Gasteiger partial charge in [0, 0.05) is 18.7 Å². The Morgan fingerprint density at radius 3 is 2.57 bits per heavy atom. The van der Waals surface area contributed by atoms with E-state index in [-0.39, 0.29) is 30.5 Å². The summed E-state index contributed by atoms with van der Waals surface area (Å²) in [6, 6.07) is 5.81. The van der Waals surface area contributed by atoms with Crippen LogP contribution in [0.15, 0.2) is 24.3 Å². The van der Waals surface area contributed by atoms with Gasteiger partial charge in [-0.2, -0.15) is 4.80 Å². The number of halogens is 1. The summed E-state index contributed by atoms with van der Waals surface area (Å²) in [4.78, 5) is 15.3. The van der Waals surface area contributed by atoms with E-state index < -0.39 is 0 Å². The predicted molar refractivity (Wildman–Crippen MR) is 79.8 cm³/mol. The van der Waals surface area contributed by atoms with Gasteiger partial charge in [-0.05, 0) is 43.3 Å². The molecule has 1 aliphatic rings. The van der Waals surface area contributed by atoms with Crippen molar-refractivity contribution in [3.63, 3.8) is 0 Å². The lowest BCUT2D eigenvalue weighted by Gasteiger charge is -2.35. The number of carbonyl (C=O) groups excluding carboxylic acids is 1.